The second-order valence-corrected chi connectivity index (χ2v) is 7.74. The van der Waals surface area contributed by atoms with Crippen LogP contribution in [-0.4, -0.2) is 56.1 Å². The van der Waals surface area contributed by atoms with Gasteiger partial charge in [-0.05, 0) is 57.5 Å². The lowest BCUT2D eigenvalue weighted by Crippen LogP contribution is -2.48. The van der Waals surface area contributed by atoms with Crippen molar-refractivity contribution in [3.8, 4) is 0 Å². The van der Waals surface area contributed by atoms with Crippen molar-refractivity contribution in [2.75, 3.05) is 38.7 Å². The number of hydrogen-bond donors (Lipinski definition) is 2. The molecule has 2 rings (SSSR count). The Morgan fingerprint density at radius 1 is 1.30 bits per heavy atom. The van der Waals surface area contributed by atoms with Crippen molar-refractivity contribution in [3.63, 3.8) is 0 Å². The number of nitrogens with one attached hydrogen (secondary N) is 2. The Morgan fingerprint density at radius 2 is 1.97 bits per heavy atom. The molecule has 0 spiro atoms. The first-order chi connectivity index (χ1) is 14.1. The number of halogens is 4. The highest BCUT2D eigenvalue weighted by Crippen LogP contribution is 2.36. The zero-order chi connectivity index (χ0) is 22.3. The van der Waals surface area contributed by atoms with Crippen LogP contribution >= 0.6 is 11.6 Å². The first-order valence-electron chi connectivity index (χ1n) is 9.81. The SMILES string of the molecule is COCCCNC(=O)C1CCN(C(C)C(=O)Nc2ccc(Cl)cc2C(F)(F)F)CC1. The van der Waals surface area contributed by atoms with Crippen LogP contribution in [0.3, 0.4) is 0 Å². The zero-order valence-electron chi connectivity index (χ0n) is 17.0. The molecule has 0 bridgehead atoms. The van der Waals surface area contributed by atoms with E-state index < -0.39 is 23.7 Å². The molecule has 0 aliphatic carbocycles. The van der Waals surface area contributed by atoms with E-state index >= 15 is 0 Å². The maximum absolute atomic E-state index is 13.2. The number of rotatable bonds is 8. The third kappa shape index (κ3) is 6.85. The molecule has 30 heavy (non-hydrogen) atoms. The number of anilines is 1. The molecule has 0 saturated carbocycles. The highest BCUT2D eigenvalue weighted by atomic mass is 35.5. The number of carbonyl (C=O) groups is 2. The van der Waals surface area contributed by atoms with Crippen LogP contribution in [0.15, 0.2) is 18.2 Å². The lowest BCUT2D eigenvalue weighted by Gasteiger charge is -2.34. The van der Waals surface area contributed by atoms with Crippen LogP contribution in [0.1, 0.15) is 31.7 Å². The van der Waals surface area contributed by atoms with Gasteiger partial charge in [-0.1, -0.05) is 11.6 Å². The first-order valence-corrected chi connectivity index (χ1v) is 10.2. The Balaban J connectivity index is 1.89. The van der Waals surface area contributed by atoms with Crippen molar-refractivity contribution in [2.45, 2.75) is 38.4 Å². The Morgan fingerprint density at radius 3 is 2.57 bits per heavy atom. The maximum atomic E-state index is 13.2. The molecule has 1 aromatic carbocycles. The molecule has 2 N–H and O–H groups in total. The molecule has 1 aliphatic heterocycles. The molecular formula is C20H27ClF3N3O3. The number of carbonyl (C=O) groups excluding carboxylic acids is 2. The summed E-state index contributed by atoms with van der Waals surface area (Å²) >= 11 is 5.67. The number of likely N-dealkylation sites (tertiary alicyclic amines) is 1. The summed E-state index contributed by atoms with van der Waals surface area (Å²) in [5.74, 6) is -0.684. The summed E-state index contributed by atoms with van der Waals surface area (Å²) in [5.41, 5.74) is -1.31. The van der Waals surface area contributed by atoms with E-state index in [4.69, 9.17) is 16.3 Å². The Hall–Kier alpha value is -1.84. The molecule has 1 saturated heterocycles. The van der Waals surface area contributed by atoms with Crippen molar-refractivity contribution in [2.24, 2.45) is 5.92 Å². The third-order valence-corrected chi connectivity index (χ3v) is 5.43. The Bertz CT molecular complexity index is 738. The van der Waals surface area contributed by atoms with E-state index in [0.29, 0.717) is 39.1 Å². The van der Waals surface area contributed by atoms with E-state index in [1.165, 1.54) is 6.07 Å². The van der Waals surface area contributed by atoms with Crippen molar-refractivity contribution in [1.82, 2.24) is 10.2 Å². The highest BCUT2D eigenvalue weighted by Gasteiger charge is 2.35. The van der Waals surface area contributed by atoms with E-state index in [2.05, 4.69) is 10.6 Å². The van der Waals surface area contributed by atoms with Crippen molar-refractivity contribution in [3.05, 3.63) is 28.8 Å². The van der Waals surface area contributed by atoms with Gasteiger partial charge in [-0.15, -0.1) is 0 Å². The lowest BCUT2D eigenvalue weighted by molar-refractivity contribution is -0.137. The van der Waals surface area contributed by atoms with Crippen LogP contribution in [0.25, 0.3) is 0 Å². The molecule has 2 amide bonds. The van der Waals surface area contributed by atoms with Gasteiger partial charge in [0.1, 0.15) is 0 Å². The van der Waals surface area contributed by atoms with E-state index in [0.717, 1.165) is 18.6 Å². The zero-order valence-corrected chi connectivity index (χ0v) is 17.8. The van der Waals surface area contributed by atoms with Gasteiger partial charge in [0.2, 0.25) is 11.8 Å². The molecule has 10 heteroatoms. The van der Waals surface area contributed by atoms with Crippen LogP contribution < -0.4 is 10.6 Å². The largest absolute Gasteiger partial charge is 0.418 e. The van der Waals surface area contributed by atoms with E-state index in [9.17, 15) is 22.8 Å². The normalized spacial score (nSPS) is 16.9. The first kappa shape index (κ1) is 24.4. The van der Waals surface area contributed by atoms with Crippen LogP contribution in [0.2, 0.25) is 5.02 Å². The summed E-state index contributed by atoms with van der Waals surface area (Å²) in [5, 5.41) is 5.18. The molecule has 0 aromatic heterocycles. The molecule has 1 unspecified atom stereocenters. The van der Waals surface area contributed by atoms with Gasteiger partial charge in [-0.25, -0.2) is 0 Å². The minimum absolute atomic E-state index is 0.0150. The topological polar surface area (TPSA) is 70.7 Å². The molecule has 1 fully saturated rings. The summed E-state index contributed by atoms with van der Waals surface area (Å²) in [6.07, 6.45) is -2.72. The van der Waals surface area contributed by atoms with Gasteiger partial charge in [0.25, 0.3) is 0 Å². The number of alkyl halides is 3. The molecular weight excluding hydrogens is 423 g/mol. The second kappa shape index (κ2) is 11.0. The number of piperidine rings is 1. The fraction of sp³-hybridized carbons (Fsp3) is 0.600. The monoisotopic (exact) mass is 449 g/mol. The number of nitrogens with zero attached hydrogens (tertiary/aromatic N) is 1. The van der Waals surface area contributed by atoms with Crippen LogP contribution in [0, 0.1) is 5.92 Å². The summed E-state index contributed by atoms with van der Waals surface area (Å²) in [7, 11) is 1.60. The number of methoxy groups -OCH3 is 1. The number of benzene rings is 1. The van der Waals surface area contributed by atoms with Crippen LogP contribution in [0.4, 0.5) is 18.9 Å². The predicted octanol–water partition coefficient (Wildman–Crippen LogP) is 3.55. The molecule has 6 nitrogen and oxygen atoms in total. The van der Waals surface area contributed by atoms with Crippen LogP contribution in [0.5, 0.6) is 0 Å². The standard InChI is InChI=1S/C20H27ClF3N3O3/c1-13(18(28)26-17-5-4-15(21)12-16(17)20(22,23)24)27-9-6-14(7-10-27)19(29)25-8-3-11-30-2/h4-5,12-14H,3,6-11H2,1-2H3,(H,25,29)(H,26,28). The molecule has 1 aliphatic rings. The Labute approximate surface area is 179 Å². The van der Waals surface area contributed by atoms with Gasteiger partial charge in [0.15, 0.2) is 0 Å². The fourth-order valence-electron chi connectivity index (χ4n) is 3.38. The van der Waals surface area contributed by atoms with E-state index in [-0.39, 0.29) is 22.5 Å². The van der Waals surface area contributed by atoms with E-state index in [1.807, 2.05) is 4.90 Å². The minimum atomic E-state index is -4.63. The van der Waals surface area contributed by atoms with Gasteiger partial charge in [-0.2, -0.15) is 13.2 Å². The van der Waals surface area contributed by atoms with Gasteiger partial charge in [0.05, 0.1) is 17.3 Å². The lowest BCUT2D eigenvalue weighted by atomic mass is 9.95. The van der Waals surface area contributed by atoms with Gasteiger partial charge in [-0.3, -0.25) is 14.5 Å². The third-order valence-electron chi connectivity index (χ3n) is 5.20. The smallest absolute Gasteiger partial charge is 0.385 e. The Kier molecular flexibility index (Phi) is 8.93. The quantitative estimate of drug-likeness (QED) is 0.595. The summed E-state index contributed by atoms with van der Waals surface area (Å²) in [6.45, 7) is 3.79. The summed E-state index contributed by atoms with van der Waals surface area (Å²) in [6, 6.07) is 2.61. The number of hydrogen-bond acceptors (Lipinski definition) is 4. The maximum Gasteiger partial charge on any atom is 0.418 e. The molecule has 0 radical (unpaired) electrons. The van der Waals surface area contributed by atoms with Crippen molar-refractivity contribution < 1.29 is 27.5 Å². The van der Waals surface area contributed by atoms with Gasteiger partial charge in [0, 0.05) is 31.2 Å². The molecule has 168 valence electrons. The fourth-order valence-corrected chi connectivity index (χ4v) is 3.56. The van der Waals surface area contributed by atoms with Gasteiger partial charge < -0.3 is 15.4 Å². The molecule has 1 atom stereocenters. The highest BCUT2D eigenvalue weighted by molar-refractivity contribution is 6.30. The van der Waals surface area contributed by atoms with E-state index in [1.54, 1.807) is 14.0 Å². The number of amides is 2. The second-order valence-electron chi connectivity index (χ2n) is 7.30. The van der Waals surface area contributed by atoms with Crippen molar-refractivity contribution in [1.29, 1.82) is 0 Å². The average Bonchev–Trinajstić information content (AvgIpc) is 2.71. The summed E-state index contributed by atoms with van der Waals surface area (Å²) < 4.78 is 44.6. The van der Waals surface area contributed by atoms with Crippen LogP contribution in [-0.2, 0) is 20.5 Å². The molecule has 1 heterocycles. The minimum Gasteiger partial charge on any atom is -0.385 e. The van der Waals surface area contributed by atoms with Gasteiger partial charge >= 0.3 is 6.18 Å². The summed E-state index contributed by atoms with van der Waals surface area (Å²) in [4.78, 5) is 26.6. The predicted molar refractivity (Wildman–Crippen MR) is 108 cm³/mol. The van der Waals surface area contributed by atoms with Crippen molar-refractivity contribution >= 4 is 29.1 Å². The average molecular weight is 450 g/mol. The number of ether oxygens (including phenoxy) is 1. The molecule has 1 aromatic rings.